The lowest BCUT2D eigenvalue weighted by molar-refractivity contribution is 0.247. The van der Waals surface area contributed by atoms with E-state index in [1.54, 1.807) is 28.6 Å². The maximum atomic E-state index is 13.2. The Hall–Kier alpha value is -2.28. The molecule has 0 aliphatic carbocycles. The first-order chi connectivity index (χ1) is 14.3. The van der Waals surface area contributed by atoms with Crippen LogP contribution in [0.4, 0.5) is 5.69 Å². The molecule has 0 unspecified atom stereocenters. The van der Waals surface area contributed by atoms with E-state index in [1.807, 2.05) is 0 Å². The molecule has 2 aliphatic heterocycles. The number of piperidine rings is 1. The third-order valence-corrected chi connectivity index (χ3v) is 8.98. The molecule has 0 saturated carbocycles. The summed E-state index contributed by atoms with van der Waals surface area (Å²) in [5, 5.41) is 4.04. The number of hydrogen-bond donors (Lipinski definition) is 1. The molecule has 2 aliphatic rings. The summed E-state index contributed by atoms with van der Waals surface area (Å²) in [5.41, 5.74) is 5.71. The Bertz CT molecular complexity index is 1240. The SMILES string of the molecule is Cc1ccc2c(c1C)-n1cccc1C1(CCN(S(=O)(=O)c3ccccc3Cl)CC1)N2. The quantitative estimate of drug-likeness (QED) is 0.618. The van der Waals surface area contributed by atoms with Crippen molar-refractivity contribution in [3.8, 4) is 5.69 Å². The van der Waals surface area contributed by atoms with Gasteiger partial charge in [0.05, 0.1) is 21.9 Å². The van der Waals surface area contributed by atoms with Crippen molar-refractivity contribution in [2.24, 2.45) is 0 Å². The molecule has 7 heteroatoms. The van der Waals surface area contributed by atoms with Gasteiger partial charge >= 0.3 is 0 Å². The van der Waals surface area contributed by atoms with E-state index in [9.17, 15) is 8.42 Å². The average Bonchev–Trinajstić information content (AvgIpc) is 3.22. The predicted octanol–water partition coefficient (Wildman–Crippen LogP) is 4.85. The fourth-order valence-electron chi connectivity index (χ4n) is 4.78. The second-order valence-corrected chi connectivity index (χ2v) is 10.5. The third kappa shape index (κ3) is 2.82. The van der Waals surface area contributed by atoms with Crippen molar-refractivity contribution in [2.45, 2.75) is 37.1 Å². The van der Waals surface area contributed by atoms with Crippen LogP contribution in [0.25, 0.3) is 5.69 Å². The van der Waals surface area contributed by atoms with Crippen LogP contribution in [-0.2, 0) is 15.6 Å². The Labute approximate surface area is 182 Å². The lowest BCUT2D eigenvalue weighted by atomic mass is 9.82. The lowest BCUT2D eigenvalue weighted by Gasteiger charge is -2.46. The highest BCUT2D eigenvalue weighted by molar-refractivity contribution is 7.89. The van der Waals surface area contributed by atoms with Crippen LogP contribution >= 0.6 is 11.6 Å². The van der Waals surface area contributed by atoms with E-state index >= 15 is 0 Å². The summed E-state index contributed by atoms with van der Waals surface area (Å²) in [4.78, 5) is 0.180. The molecule has 0 radical (unpaired) electrons. The summed E-state index contributed by atoms with van der Waals surface area (Å²) < 4.78 is 30.2. The lowest BCUT2D eigenvalue weighted by Crippen LogP contribution is -2.51. The molecule has 30 heavy (non-hydrogen) atoms. The number of fused-ring (bicyclic) bond motifs is 4. The Morgan fingerprint density at radius 1 is 1.00 bits per heavy atom. The largest absolute Gasteiger partial charge is 0.372 e. The number of aryl methyl sites for hydroxylation is 1. The van der Waals surface area contributed by atoms with Crippen molar-refractivity contribution in [2.75, 3.05) is 18.4 Å². The van der Waals surface area contributed by atoms with Gasteiger partial charge in [-0.3, -0.25) is 0 Å². The fraction of sp³-hybridized carbons (Fsp3) is 0.304. The second-order valence-electron chi connectivity index (χ2n) is 8.21. The maximum Gasteiger partial charge on any atom is 0.244 e. The molecular formula is C23H24ClN3O2S. The summed E-state index contributed by atoms with van der Waals surface area (Å²) in [7, 11) is -3.62. The van der Waals surface area contributed by atoms with Crippen LogP contribution < -0.4 is 5.32 Å². The van der Waals surface area contributed by atoms with E-state index in [4.69, 9.17) is 11.6 Å². The molecule has 1 spiro atoms. The van der Waals surface area contributed by atoms with Gasteiger partial charge in [0.2, 0.25) is 10.0 Å². The minimum atomic E-state index is -3.62. The molecule has 5 nitrogen and oxygen atoms in total. The van der Waals surface area contributed by atoms with Gasteiger partial charge in [-0.25, -0.2) is 8.42 Å². The number of nitrogens with zero attached hydrogens (tertiary/aromatic N) is 2. The van der Waals surface area contributed by atoms with E-state index in [0.29, 0.717) is 25.9 Å². The molecule has 1 saturated heterocycles. The summed E-state index contributed by atoms with van der Waals surface area (Å²) in [6.45, 7) is 5.15. The zero-order valence-electron chi connectivity index (χ0n) is 17.0. The van der Waals surface area contributed by atoms with Crippen molar-refractivity contribution in [3.05, 3.63) is 76.6 Å². The fourth-order valence-corrected chi connectivity index (χ4v) is 6.72. The summed E-state index contributed by atoms with van der Waals surface area (Å²) in [6, 6.07) is 15.1. The number of nitrogens with one attached hydrogen (secondary N) is 1. The standard InChI is InChI=1S/C23H24ClN3O2S/c1-16-9-10-19-22(17(16)2)27-13-5-8-21(27)23(25-19)11-14-26(15-12-23)30(28,29)20-7-4-3-6-18(20)24/h3-10,13,25H,11-12,14-15H2,1-2H3. The number of halogens is 1. The second kappa shape index (κ2) is 6.87. The molecule has 2 aromatic carbocycles. The number of benzene rings is 2. The van der Waals surface area contributed by atoms with Crippen molar-refractivity contribution >= 4 is 27.3 Å². The Morgan fingerprint density at radius 2 is 1.73 bits per heavy atom. The zero-order valence-corrected chi connectivity index (χ0v) is 18.6. The Morgan fingerprint density at radius 3 is 2.47 bits per heavy atom. The highest BCUT2D eigenvalue weighted by Gasteiger charge is 2.44. The highest BCUT2D eigenvalue weighted by atomic mass is 35.5. The van der Waals surface area contributed by atoms with E-state index < -0.39 is 10.0 Å². The number of aromatic nitrogens is 1. The monoisotopic (exact) mass is 441 g/mol. The van der Waals surface area contributed by atoms with Crippen molar-refractivity contribution in [1.29, 1.82) is 0 Å². The highest BCUT2D eigenvalue weighted by Crippen LogP contribution is 2.45. The number of hydrogen-bond acceptors (Lipinski definition) is 3. The van der Waals surface area contributed by atoms with Gasteiger partial charge < -0.3 is 9.88 Å². The number of sulfonamides is 1. The van der Waals surface area contributed by atoms with Gasteiger partial charge in [-0.15, -0.1) is 0 Å². The molecule has 0 bridgehead atoms. The minimum absolute atomic E-state index is 0.180. The first-order valence-corrected chi connectivity index (χ1v) is 12.0. The first kappa shape index (κ1) is 19.7. The van der Waals surface area contributed by atoms with Crippen LogP contribution in [0.15, 0.2) is 59.6 Å². The molecule has 1 N–H and O–H groups in total. The van der Waals surface area contributed by atoms with Crippen LogP contribution in [0, 0.1) is 13.8 Å². The van der Waals surface area contributed by atoms with E-state index in [-0.39, 0.29) is 15.5 Å². The van der Waals surface area contributed by atoms with Gasteiger partial charge in [-0.05, 0) is 68.1 Å². The molecule has 0 amide bonds. The van der Waals surface area contributed by atoms with Gasteiger partial charge in [0.1, 0.15) is 4.90 Å². The Balaban J connectivity index is 1.48. The van der Waals surface area contributed by atoms with Crippen LogP contribution in [0.3, 0.4) is 0 Å². The van der Waals surface area contributed by atoms with Crippen LogP contribution in [0.2, 0.25) is 5.02 Å². The van der Waals surface area contributed by atoms with Crippen molar-refractivity contribution in [3.63, 3.8) is 0 Å². The molecule has 1 aromatic heterocycles. The smallest absolute Gasteiger partial charge is 0.244 e. The molecule has 3 heterocycles. The molecule has 3 aromatic rings. The van der Waals surface area contributed by atoms with Crippen LogP contribution in [0.5, 0.6) is 0 Å². The van der Waals surface area contributed by atoms with Gasteiger partial charge in [0, 0.05) is 25.0 Å². The van der Waals surface area contributed by atoms with E-state index in [1.165, 1.54) is 22.5 Å². The van der Waals surface area contributed by atoms with Gasteiger partial charge in [0.25, 0.3) is 0 Å². The maximum absolute atomic E-state index is 13.2. The zero-order chi connectivity index (χ0) is 21.1. The first-order valence-electron chi connectivity index (χ1n) is 10.1. The van der Waals surface area contributed by atoms with E-state index in [0.717, 1.165) is 5.69 Å². The number of rotatable bonds is 2. The average molecular weight is 442 g/mol. The normalized spacial score (nSPS) is 18.0. The molecule has 156 valence electrons. The van der Waals surface area contributed by atoms with Gasteiger partial charge in [-0.1, -0.05) is 29.8 Å². The van der Waals surface area contributed by atoms with Crippen LogP contribution in [0.1, 0.15) is 29.7 Å². The molecule has 1 fully saturated rings. The summed E-state index contributed by atoms with van der Waals surface area (Å²) >= 11 is 6.18. The molecule has 0 atom stereocenters. The Kier molecular flexibility index (Phi) is 4.51. The van der Waals surface area contributed by atoms with Gasteiger partial charge in [0.15, 0.2) is 0 Å². The molecular weight excluding hydrogens is 418 g/mol. The van der Waals surface area contributed by atoms with Gasteiger partial charge in [-0.2, -0.15) is 4.31 Å². The summed E-state index contributed by atoms with van der Waals surface area (Å²) in [6.07, 6.45) is 3.48. The third-order valence-electron chi connectivity index (χ3n) is 6.59. The van der Waals surface area contributed by atoms with Crippen molar-refractivity contribution < 1.29 is 8.42 Å². The number of anilines is 1. The topological polar surface area (TPSA) is 54.3 Å². The van der Waals surface area contributed by atoms with Crippen LogP contribution in [-0.4, -0.2) is 30.4 Å². The van der Waals surface area contributed by atoms with Crippen molar-refractivity contribution in [1.82, 2.24) is 8.87 Å². The molecule has 5 rings (SSSR count). The minimum Gasteiger partial charge on any atom is -0.372 e. The van der Waals surface area contributed by atoms with E-state index in [2.05, 4.69) is 54.2 Å². The summed E-state index contributed by atoms with van der Waals surface area (Å²) in [5.74, 6) is 0. The predicted molar refractivity (Wildman–Crippen MR) is 120 cm³/mol.